The number of pyridine rings is 3. The van der Waals surface area contributed by atoms with Gasteiger partial charge in [-0.3, -0.25) is 14.6 Å². The van der Waals surface area contributed by atoms with Crippen LogP contribution in [0, 0.1) is 5.92 Å². The maximum absolute atomic E-state index is 12.9. The molecule has 4 heterocycles. The number of carbonyl (C=O) groups excluding carboxylic acids is 2. The molecule has 1 aliphatic heterocycles. The molecule has 210 valence electrons. The predicted molar refractivity (Wildman–Crippen MR) is 141 cm³/mol. The number of hydrogen-bond donors (Lipinski definition) is 5. The SMILES string of the molecule is COc1ccc2nccc(NC(=O)C3CCC(NCc4ccc5c(n4)NC(=O)CO5)CC3)c2n1.O=C(O)C(=O)O. The van der Waals surface area contributed by atoms with Crippen LogP contribution in [0.15, 0.2) is 36.5 Å². The number of aliphatic carboxylic acids is 2. The number of ether oxygens (including phenoxy) is 2. The van der Waals surface area contributed by atoms with Crippen LogP contribution in [0.4, 0.5) is 11.5 Å². The van der Waals surface area contributed by atoms with E-state index in [4.69, 9.17) is 29.3 Å². The molecule has 0 unspecified atom stereocenters. The third-order valence-electron chi connectivity index (χ3n) is 6.41. The fraction of sp³-hybridized carbons (Fsp3) is 0.346. The first-order valence-electron chi connectivity index (χ1n) is 12.5. The van der Waals surface area contributed by atoms with E-state index in [-0.39, 0.29) is 24.3 Å². The van der Waals surface area contributed by atoms with Crippen molar-refractivity contribution in [2.45, 2.75) is 38.3 Å². The Morgan fingerprint density at radius 3 is 2.50 bits per heavy atom. The molecule has 5 rings (SSSR count). The number of nitrogens with zero attached hydrogens (tertiary/aromatic N) is 3. The standard InChI is InChI=1S/C24H26N6O4.C2H2O4/c1-33-21-9-7-17-22(30-21)18(10-11-25-17)28-24(32)14-2-4-15(5-3-14)26-12-16-6-8-19-23(27-16)29-20(31)13-34-19;3-1(4)2(5)6/h6-11,14-15,26H,2-5,12-13H2,1H3,(H,25,28,32)(H,27,29,31);(H,3,4)(H,5,6). The molecule has 0 spiro atoms. The number of methoxy groups -OCH3 is 1. The highest BCUT2D eigenvalue weighted by atomic mass is 16.5. The lowest BCUT2D eigenvalue weighted by Crippen LogP contribution is -2.36. The molecular formula is C26H28N6O8. The van der Waals surface area contributed by atoms with Gasteiger partial charge in [0.25, 0.3) is 5.91 Å². The number of amides is 2. The molecule has 0 bridgehead atoms. The lowest BCUT2D eigenvalue weighted by molar-refractivity contribution is -0.159. The third kappa shape index (κ3) is 7.17. The Morgan fingerprint density at radius 1 is 1.05 bits per heavy atom. The second-order valence-electron chi connectivity index (χ2n) is 9.10. The highest BCUT2D eigenvalue weighted by Gasteiger charge is 2.27. The summed E-state index contributed by atoms with van der Waals surface area (Å²) in [5, 5.41) is 24.1. The van der Waals surface area contributed by atoms with Gasteiger partial charge in [-0.2, -0.15) is 0 Å². The van der Waals surface area contributed by atoms with Crippen molar-refractivity contribution in [3.63, 3.8) is 0 Å². The third-order valence-corrected chi connectivity index (χ3v) is 6.41. The van der Waals surface area contributed by atoms with Crippen LogP contribution >= 0.6 is 0 Å². The second-order valence-corrected chi connectivity index (χ2v) is 9.10. The van der Waals surface area contributed by atoms with Crippen molar-refractivity contribution in [1.29, 1.82) is 0 Å². The molecule has 5 N–H and O–H groups in total. The van der Waals surface area contributed by atoms with Crippen LogP contribution in [0.2, 0.25) is 0 Å². The van der Waals surface area contributed by atoms with E-state index in [2.05, 4.69) is 30.9 Å². The van der Waals surface area contributed by atoms with E-state index in [0.29, 0.717) is 46.8 Å². The van der Waals surface area contributed by atoms with Gasteiger partial charge in [0.1, 0.15) is 5.52 Å². The topological polar surface area (TPSA) is 202 Å². The van der Waals surface area contributed by atoms with Gasteiger partial charge >= 0.3 is 11.9 Å². The summed E-state index contributed by atoms with van der Waals surface area (Å²) in [4.78, 5) is 55.9. The molecular weight excluding hydrogens is 524 g/mol. The van der Waals surface area contributed by atoms with E-state index in [9.17, 15) is 9.59 Å². The fourth-order valence-corrected chi connectivity index (χ4v) is 4.37. The number of carboxylic acids is 2. The maximum Gasteiger partial charge on any atom is 0.414 e. The van der Waals surface area contributed by atoms with Crippen molar-refractivity contribution in [3.8, 4) is 11.6 Å². The summed E-state index contributed by atoms with van der Waals surface area (Å²) in [5.74, 6) is -2.37. The molecule has 0 atom stereocenters. The molecule has 0 radical (unpaired) electrons. The number of carboxylic acid groups (broad SMARTS) is 2. The van der Waals surface area contributed by atoms with Crippen LogP contribution in [-0.2, 0) is 25.7 Å². The molecule has 0 saturated heterocycles. The van der Waals surface area contributed by atoms with Gasteiger partial charge in [-0.1, -0.05) is 0 Å². The number of anilines is 2. The second kappa shape index (κ2) is 12.8. The van der Waals surface area contributed by atoms with Crippen molar-refractivity contribution in [3.05, 3.63) is 42.2 Å². The number of carbonyl (C=O) groups is 4. The summed E-state index contributed by atoms with van der Waals surface area (Å²) in [6, 6.07) is 9.36. The van der Waals surface area contributed by atoms with Gasteiger partial charge < -0.3 is 35.6 Å². The van der Waals surface area contributed by atoms with E-state index in [1.807, 2.05) is 18.2 Å². The Balaban J connectivity index is 0.000000557. The van der Waals surface area contributed by atoms with Gasteiger partial charge in [0.15, 0.2) is 18.2 Å². The molecule has 3 aromatic heterocycles. The molecule has 14 heteroatoms. The van der Waals surface area contributed by atoms with Crippen LogP contribution in [0.1, 0.15) is 31.4 Å². The quantitative estimate of drug-likeness (QED) is 0.278. The van der Waals surface area contributed by atoms with E-state index in [1.54, 1.807) is 25.4 Å². The average Bonchev–Trinajstić information content (AvgIpc) is 2.96. The smallest absolute Gasteiger partial charge is 0.414 e. The highest BCUT2D eigenvalue weighted by molar-refractivity contribution is 6.27. The van der Waals surface area contributed by atoms with Gasteiger partial charge in [0.2, 0.25) is 11.8 Å². The number of fused-ring (bicyclic) bond motifs is 2. The van der Waals surface area contributed by atoms with Crippen molar-refractivity contribution in [2.24, 2.45) is 5.92 Å². The summed E-state index contributed by atoms with van der Waals surface area (Å²) < 4.78 is 10.6. The number of nitrogens with one attached hydrogen (secondary N) is 3. The normalized spacial score (nSPS) is 17.8. The van der Waals surface area contributed by atoms with Crippen molar-refractivity contribution >= 4 is 46.3 Å². The zero-order chi connectivity index (χ0) is 28.6. The molecule has 3 aromatic rings. The zero-order valence-electron chi connectivity index (χ0n) is 21.5. The van der Waals surface area contributed by atoms with Gasteiger partial charge in [0, 0.05) is 30.8 Å². The summed E-state index contributed by atoms with van der Waals surface area (Å²) in [6.45, 7) is 0.604. The molecule has 0 aromatic carbocycles. The minimum absolute atomic E-state index is 0.00247. The number of rotatable bonds is 6. The Labute approximate surface area is 228 Å². The van der Waals surface area contributed by atoms with E-state index >= 15 is 0 Å². The van der Waals surface area contributed by atoms with Crippen LogP contribution in [0.5, 0.6) is 11.6 Å². The predicted octanol–water partition coefficient (Wildman–Crippen LogP) is 1.81. The number of hydrogen-bond acceptors (Lipinski definition) is 10. The van der Waals surface area contributed by atoms with Crippen LogP contribution in [-0.4, -0.2) is 68.7 Å². The Morgan fingerprint density at radius 2 is 1.80 bits per heavy atom. The Hall–Kier alpha value is -4.85. The lowest BCUT2D eigenvalue weighted by atomic mass is 9.85. The van der Waals surface area contributed by atoms with Gasteiger partial charge in [0.05, 0.1) is 24.0 Å². The molecule has 2 amide bonds. The fourth-order valence-electron chi connectivity index (χ4n) is 4.37. The summed E-state index contributed by atoms with van der Waals surface area (Å²) in [5.41, 5.74) is 2.79. The molecule has 1 aliphatic carbocycles. The first kappa shape index (κ1) is 28.2. The van der Waals surface area contributed by atoms with E-state index in [1.165, 1.54) is 0 Å². The lowest BCUT2D eigenvalue weighted by Gasteiger charge is -2.28. The van der Waals surface area contributed by atoms with Crippen LogP contribution < -0.4 is 25.4 Å². The highest BCUT2D eigenvalue weighted by Crippen LogP contribution is 2.29. The first-order valence-corrected chi connectivity index (χ1v) is 12.5. The summed E-state index contributed by atoms with van der Waals surface area (Å²) in [6.07, 6.45) is 5.05. The molecule has 40 heavy (non-hydrogen) atoms. The number of aromatic nitrogens is 3. The minimum atomic E-state index is -1.82. The van der Waals surface area contributed by atoms with E-state index in [0.717, 1.165) is 31.4 Å². The Bertz CT molecular complexity index is 1410. The Kier molecular flexibility index (Phi) is 9.01. The molecule has 1 saturated carbocycles. The van der Waals surface area contributed by atoms with Crippen LogP contribution in [0.3, 0.4) is 0 Å². The van der Waals surface area contributed by atoms with Crippen LogP contribution in [0.25, 0.3) is 11.0 Å². The summed E-state index contributed by atoms with van der Waals surface area (Å²) in [7, 11) is 1.56. The molecule has 14 nitrogen and oxygen atoms in total. The van der Waals surface area contributed by atoms with Crippen molar-refractivity contribution < 1.29 is 38.9 Å². The van der Waals surface area contributed by atoms with Crippen molar-refractivity contribution in [1.82, 2.24) is 20.3 Å². The van der Waals surface area contributed by atoms with Crippen molar-refractivity contribution in [2.75, 3.05) is 24.4 Å². The zero-order valence-corrected chi connectivity index (χ0v) is 21.5. The maximum atomic E-state index is 12.9. The van der Waals surface area contributed by atoms with Gasteiger partial charge in [-0.25, -0.2) is 19.6 Å². The van der Waals surface area contributed by atoms with Gasteiger partial charge in [-0.05, 0) is 49.9 Å². The van der Waals surface area contributed by atoms with Gasteiger partial charge in [-0.15, -0.1) is 0 Å². The first-order chi connectivity index (χ1) is 19.2. The largest absolute Gasteiger partial charge is 0.481 e. The minimum Gasteiger partial charge on any atom is -0.481 e. The average molecular weight is 553 g/mol. The van der Waals surface area contributed by atoms with E-state index < -0.39 is 11.9 Å². The molecule has 2 aliphatic rings. The summed E-state index contributed by atoms with van der Waals surface area (Å²) >= 11 is 0. The molecule has 1 fully saturated rings. The monoisotopic (exact) mass is 552 g/mol.